The van der Waals surface area contributed by atoms with Crippen LogP contribution in [0.15, 0.2) is 78.2 Å². The van der Waals surface area contributed by atoms with E-state index in [1.807, 2.05) is 53.4 Å². The van der Waals surface area contributed by atoms with Crippen molar-refractivity contribution in [2.24, 2.45) is 0 Å². The van der Waals surface area contributed by atoms with E-state index in [1.165, 1.54) is 81.4 Å². The van der Waals surface area contributed by atoms with Gasteiger partial charge in [-0.2, -0.15) is 4.57 Å². The predicted octanol–water partition coefficient (Wildman–Crippen LogP) is 8.13. The summed E-state index contributed by atoms with van der Waals surface area (Å²) in [5, 5.41) is 0. The van der Waals surface area contributed by atoms with E-state index in [2.05, 4.69) is 11.9 Å². The summed E-state index contributed by atoms with van der Waals surface area (Å²) >= 11 is 0. The Morgan fingerprint density at radius 3 is 1.62 bits per heavy atom. The fourth-order valence-corrected chi connectivity index (χ4v) is 6.16. The molecule has 0 radical (unpaired) electrons. The Kier molecular flexibility index (Phi) is 13.6. The number of hydrogen-bond acceptors (Lipinski definition) is 3. The van der Waals surface area contributed by atoms with Crippen LogP contribution in [0.2, 0.25) is 0 Å². The van der Waals surface area contributed by atoms with Gasteiger partial charge in [-0.3, -0.25) is 4.98 Å². The van der Waals surface area contributed by atoms with Crippen molar-refractivity contribution in [3.05, 3.63) is 73.3 Å². The highest BCUT2D eigenvalue weighted by Crippen LogP contribution is 2.19. The van der Waals surface area contributed by atoms with Crippen LogP contribution in [-0.2, 0) is 10.0 Å². The number of aromatic nitrogens is 2. The first-order chi connectivity index (χ1) is 19.0. The molecule has 0 aliphatic rings. The molecule has 0 amide bonds. The molecule has 6 heteroatoms. The lowest BCUT2D eigenvalue weighted by molar-refractivity contribution is -0.595. The van der Waals surface area contributed by atoms with Gasteiger partial charge in [0.1, 0.15) is 0 Å². The highest BCUT2D eigenvalue weighted by atomic mass is 32.2. The van der Waals surface area contributed by atoms with Crippen LogP contribution in [0.1, 0.15) is 96.8 Å². The van der Waals surface area contributed by atoms with Crippen LogP contribution in [0.4, 0.5) is 0 Å². The molecule has 1 aromatic carbocycles. The largest absolute Gasteiger partial charge is 0.265 e. The van der Waals surface area contributed by atoms with E-state index >= 15 is 0 Å². The minimum Gasteiger partial charge on any atom is -0.265 e. The fourth-order valence-electron chi connectivity index (χ4n) is 4.95. The van der Waals surface area contributed by atoms with E-state index in [1.54, 1.807) is 31.6 Å². The third kappa shape index (κ3) is 10.5. The van der Waals surface area contributed by atoms with E-state index in [-0.39, 0.29) is 0 Å². The van der Waals surface area contributed by atoms with Gasteiger partial charge in [-0.25, -0.2) is 12.7 Å². The van der Waals surface area contributed by atoms with Crippen LogP contribution in [0.5, 0.6) is 0 Å². The molecule has 0 fully saturated rings. The predicted molar refractivity (Wildman–Crippen MR) is 161 cm³/mol. The second-order valence-electron chi connectivity index (χ2n) is 10.6. The smallest absolute Gasteiger partial charge is 0.242 e. The number of unbranched alkanes of at least 4 members (excludes halogenated alkanes) is 13. The Morgan fingerprint density at radius 1 is 0.641 bits per heavy atom. The van der Waals surface area contributed by atoms with Crippen molar-refractivity contribution in [3.63, 3.8) is 0 Å². The molecule has 0 bridgehead atoms. The molecule has 0 saturated carbocycles. The summed E-state index contributed by atoms with van der Waals surface area (Å²) in [5.74, 6) is 0. The summed E-state index contributed by atoms with van der Waals surface area (Å²) in [7, 11) is -1.79. The highest BCUT2D eigenvalue weighted by Gasteiger charge is 2.21. The first-order valence-electron chi connectivity index (χ1n) is 15.0. The normalized spacial score (nSPS) is 11.8. The lowest BCUT2D eigenvalue weighted by Crippen LogP contribution is -2.30. The number of benzene rings is 1. The zero-order valence-corrected chi connectivity index (χ0v) is 24.9. The number of nitrogens with zero attached hydrogens (tertiary/aromatic N) is 3. The molecule has 0 spiro atoms. The van der Waals surface area contributed by atoms with Crippen molar-refractivity contribution in [1.82, 2.24) is 9.29 Å². The molecular formula is C33H48N3O2S+. The molecule has 2 aromatic heterocycles. The van der Waals surface area contributed by atoms with E-state index in [9.17, 15) is 8.42 Å². The van der Waals surface area contributed by atoms with Crippen LogP contribution in [0.25, 0.3) is 16.8 Å². The van der Waals surface area contributed by atoms with Gasteiger partial charge in [0.2, 0.25) is 15.7 Å². The number of hydrogen-bond donors (Lipinski definition) is 0. The molecule has 0 atom stereocenters. The van der Waals surface area contributed by atoms with Gasteiger partial charge in [0.05, 0.1) is 4.90 Å². The Labute approximate surface area is 237 Å². The van der Waals surface area contributed by atoms with Crippen molar-refractivity contribution >= 4 is 10.0 Å². The van der Waals surface area contributed by atoms with Gasteiger partial charge >= 0.3 is 0 Å². The zero-order chi connectivity index (χ0) is 27.8. The molecule has 5 nitrogen and oxygen atoms in total. The van der Waals surface area contributed by atoms with Crippen molar-refractivity contribution in [2.75, 3.05) is 13.6 Å². The van der Waals surface area contributed by atoms with Gasteiger partial charge in [-0.1, -0.05) is 90.4 Å². The minimum atomic E-state index is -3.48. The maximum absolute atomic E-state index is 13.1. The van der Waals surface area contributed by atoms with Gasteiger partial charge in [-0.15, -0.1) is 0 Å². The van der Waals surface area contributed by atoms with Crippen LogP contribution in [0.3, 0.4) is 0 Å². The van der Waals surface area contributed by atoms with E-state index in [0.29, 0.717) is 11.4 Å². The quantitative estimate of drug-likeness (QED) is 0.112. The monoisotopic (exact) mass is 550 g/mol. The summed E-state index contributed by atoms with van der Waals surface area (Å²) in [5.41, 5.74) is 3.14. The number of pyridine rings is 2. The second-order valence-corrected chi connectivity index (χ2v) is 12.7. The fraction of sp³-hybridized carbons (Fsp3) is 0.515. The standard InChI is InChI=1S/C33H48N3O2S/c1-3-4-5-6-7-8-9-10-11-12-13-14-15-16-27-35(2)39(37,38)33-19-17-32(18-20-33)36-28-23-31(24-29-36)30-21-25-34-26-22-30/h17-26,28-29H,3-16,27H2,1-2H3/q+1. The second kappa shape index (κ2) is 17.2. The van der Waals surface area contributed by atoms with E-state index in [0.717, 1.165) is 29.7 Å². The maximum atomic E-state index is 13.1. The lowest BCUT2D eigenvalue weighted by atomic mass is 10.0. The minimum absolute atomic E-state index is 0.341. The average Bonchev–Trinajstić information content (AvgIpc) is 2.98. The molecule has 3 rings (SSSR count). The zero-order valence-electron chi connectivity index (χ0n) is 24.1. The summed E-state index contributed by atoms with van der Waals surface area (Å²) in [6.07, 6.45) is 25.7. The Balaban J connectivity index is 1.33. The Bertz CT molecular complexity index is 1160. The topological polar surface area (TPSA) is 54.2 Å². The van der Waals surface area contributed by atoms with Crippen molar-refractivity contribution < 1.29 is 13.0 Å². The van der Waals surface area contributed by atoms with E-state index < -0.39 is 10.0 Å². The van der Waals surface area contributed by atoms with E-state index in [4.69, 9.17) is 0 Å². The Hall–Kier alpha value is -2.57. The molecule has 0 unspecified atom stereocenters. The first kappa shape index (κ1) is 31.0. The summed E-state index contributed by atoms with van der Waals surface area (Å²) in [6, 6.07) is 15.2. The lowest BCUT2D eigenvalue weighted by Gasteiger charge is -2.17. The molecule has 0 aliphatic carbocycles. The molecule has 0 aliphatic heterocycles. The van der Waals surface area contributed by atoms with Gasteiger partial charge in [0.15, 0.2) is 12.4 Å². The van der Waals surface area contributed by atoms with Crippen LogP contribution in [0, 0.1) is 0 Å². The van der Waals surface area contributed by atoms with Crippen LogP contribution >= 0.6 is 0 Å². The summed E-state index contributed by atoms with van der Waals surface area (Å²) in [4.78, 5) is 4.41. The van der Waals surface area contributed by atoms with Crippen molar-refractivity contribution in [1.29, 1.82) is 0 Å². The van der Waals surface area contributed by atoms with Gasteiger partial charge in [0.25, 0.3) is 0 Å². The van der Waals surface area contributed by atoms with Crippen molar-refractivity contribution in [3.8, 4) is 16.8 Å². The van der Waals surface area contributed by atoms with Gasteiger partial charge in [0, 0.05) is 50.3 Å². The SMILES string of the molecule is CCCCCCCCCCCCCCCCN(C)S(=O)(=O)c1ccc(-[n+]2ccc(-c3ccncc3)cc2)cc1. The molecule has 3 aromatic rings. The molecule has 0 saturated heterocycles. The molecular weight excluding hydrogens is 502 g/mol. The van der Waals surface area contributed by atoms with Gasteiger partial charge in [-0.05, 0) is 41.8 Å². The number of sulfonamides is 1. The molecule has 2 heterocycles. The molecule has 0 N–H and O–H groups in total. The van der Waals surface area contributed by atoms with Gasteiger partial charge < -0.3 is 0 Å². The third-order valence-electron chi connectivity index (χ3n) is 7.51. The summed E-state index contributed by atoms with van der Waals surface area (Å²) < 4.78 is 29.6. The highest BCUT2D eigenvalue weighted by molar-refractivity contribution is 7.89. The van der Waals surface area contributed by atoms with Crippen LogP contribution < -0.4 is 4.57 Å². The maximum Gasteiger partial charge on any atom is 0.242 e. The van der Waals surface area contributed by atoms with Crippen LogP contribution in [-0.4, -0.2) is 31.3 Å². The third-order valence-corrected chi connectivity index (χ3v) is 9.38. The molecule has 212 valence electrons. The van der Waals surface area contributed by atoms with Crippen molar-refractivity contribution in [2.45, 2.75) is 102 Å². The average molecular weight is 551 g/mol. The Morgan fingerprint density at radius 2 is 1.10 bits per heavy atom. The number of rotatable bonds is 19. The molecule has 39 heavy (non-hydrogen) atoms. The summed E-state index contributed by atoms with van der Waals surface area (Å²) in [6.45, 7) is 2.83. The first-order valence-corrected chi connectivity index (χ1v) is 16.4.